The molecule has 1 aromatic carbocycles. The van der Waals surface area contributed by atoms with Crippen molar-refractivity contribution in [3.63, 3.8) is 0 Å². The molecule has 0 spiro atoms. The molecule has 1 aliphatic rings. The summed E-state index contributed by atoms with van der Waals surface area (Å²) in [6.45, 7) is 9.39. The van der Waals surface area contributed by atoms with Gasteiger partial charge in [0.25, 0.3) is 0 Å². The highest BCUT2D eigenvalue weighted by atomic mass is 16.5. The fraction of sp³-hybridized carbons (Fsp3) is 0.625. The van der Waals surface area contributed by atoms with Crippen molar-refractivity contribution in [2.24, 2.45) is 5.73 Å². The number of morpholine rings is 1. The lowest BCUT2D eigenvalue weighted by atomic mass is 10.0. The van der Waals surface area contributed by atoms with Crippen LogP contribution in [-0.2, 0) is 4.74 Å². The molecule has 2 unspecified atom stereocenters. The summed E-state index contributed by atoms with van der Waals surface area (Å²) in [5.74, 6) is 0.912. The van der Waals surface area contributed by atoms with Crippen LogP contribution in [0.25, 0.3) is 0 Å². The van der Waals surface area contributed by atoms with Gasteiger partial charge in [-0.05, 0) is 38.5 Å². The second kappa shape index (κ2) is 7.07. The van der Waals surface area contributed by atoms with E-state index in [2.05, 4.69) is 24.0 Å². The molecule has 0 aromatic heterocycles. The van der Waals surface area contributed by atoms with Crippen molar-refractivity contribution in [2.75, 3.05) is 26.3 Å². The molecular weight excluding hydrogens is 252 g/mol. The number of hydrogen-bond acceptors (Lipinski definition) is 4. The van der Waals surface area contributed by atoms with Crippen LogP contribution in [0.15, 0.2) is 24.3 Å². The molecule has 0 amide bonds. The van der Waals surface area contributed by atoms with Crippen LogP contribution in [0, 0.1) is 0 Å². The van der Waals surface area contributed by atoms with E-state index in [0.29, 0.717) is 12.6 Å². The van der Waals surface area contributed by atoms with Crippen LogP contribution < -0.4 is 10.5 Å². The van der Waals surface area contributed by atoms with E-state index in [-0.39, 0.29) is 12.1 Å². The average Bonchev–Trinajstić information content (AvgIpc) is 2.43. The first-order valence-electron chi connectivity index (χ1n) is 7.42. The summed E-state index contributed by atoms with van der Waals surface area (Å²) in [7, 11) is 0. The molecule has 2 N–H and O–H groups in total. The van der Waals surface area contributed by atoms with E-state index in [1.54, 1.807) is 0 Å². The third-order valence-corrected chi connectivity index (χ3v) is 3.68. The van der Waals surface area contributed by atoms with Crippen LogP contribution in [0.1, 0.15) is 32.4 Å². The second-order valence-electron chi connectivity index (χ2n) is 5.65. The van der Waals surface area contributed by atoms with Gasteiger partial charge in [0.1, 0.15) is 5.75 Å². The monoisotopic (exact) mass is 278 g/mol. The Hall–Kier alpha value is -1.10. The van der Waals surface area contributed by atoms with Crippen LogP contribution in [0.3, 0.4) is 0 Å². The maximum absolute atomic E-state index is 6.00. The van der Waals surface area contributed by atoms with E-state index in [0.717, 1.165) is 25.5 Å². The van der Waals surface area contributed by atoms with Gasteiger partial charge in [0.2, 0.25) is 0 Å². The molecule has 1 aliphatic heterocycles. The molecule has 4 heteroatoms. The number of rotatable bonds is 5. The molecule has 4 nitrogen and oxygen atoms in total. The summed E-state index contributed by atoms with van der Waals surface area (Å²) in [6, 6.07) is 8.96. The fourth-order valence-electron chi connectivity index (χ4n) is 2.71. The minimum absolute atomic E-state index is 0.199. The number of nitrogens with zero attached hydrogens (tertiary/aromatic N) is 1. The lowest BCUT2D eigenvalue weighted by Crippen LogP contribution is -2.47. The summed E-state index contributed by atoms with van der Waals surface area (Å²) in [6.07, 6.45) is 0.199. The first-order chi connectivity index (χ1) is 9.61. The van der Waals surface area contributed by atoms with Crippen LogP contribution in [0.4, 0.5) is 0 Å². The van der Waals surface area contributed by atoms with Gasteiger partial charge in [-0.1, -0.05) is 12.1 Å². The highest BCUT2D eigenvalue weighted by Crippen LogP contribution is 2.25. The van der Waals surface area contributed by atoms with Gasteiger partial charge in [-0.3, -0.25) is 4.90 Å². The van der Waals surface area contributed by atoms with Crippen molar-refractivity contribution in [2.45, 2.75) is 39.0 Å². The Labute approximate surface area is 121 Å². The summed E-state index contributed by atoms with van der Waals surface area (Å²) < 4.78 is 11.2. The molecule has 1 saturated heterocycles. The SMILES string of the molecule is CC(C)Oc1ccc(C(CN)N2CCOCC2C)cc1. The molecule has 0 saturated carbocycles. The topological polar surface area (TPSA) is 47.7 Å². The minimum Gasteiger partial charge on any atom is -0.491 e. The Bertz CT molecular complexity index is 405. The van der Waals surface area contributed by atoms with Crippen molar-refractivity contribution in [1.29, 1.82) is 0 Å². The standard InChI is InChI=1S/C16H26N2O2/c1-12(2)20-15-6-4-14(5-7-15)16(10-17)18-8-9-19-11-13(18)3/h4-7,12-13,16H,8-11,17H2,1-3H3. The van der Waals surface area contributed by atoms with Crippen molar-refractivity contribution < 1.29 is 9.47 Å². The molecule has 112 valence electrons. The number of ether oxygens (including phenoxy) is 2. The van der Waals surface area contributed by atoms with Gasteiger partial charge in [0.15, 0.2) is 0 Å². The van der Waals surface area contributed by atoms with Crippen LogP contribution in [-0.4, -0.2) is 43.3 Å². The highest BCUT2D eigenvalue weighted by Gasteiger charge is 2.26. The molecule has 1 fully saturated rings. The quantitative estimate of drug-likeness (QED) is 0.897. The molecular formula is C16H26N2O2. The van der Waals surface area contributed by atoms with Crippen molar-refractivity contribution >= 4 is 0 Å². The fourth-order valence-corrected chi connectivity index (χ4v) is 2.71. The number of nitrogens with two attached hydrogens (primary N) is 1. The van der Waals surface area contributed by atoms with Gasteiger partial charge in [-0.2, -0.15) is 0 Å². The lowest BCUT2D eigenvalue weighted by Gasteiger charge is -2.39. The summed E-state index contributed by atoms with van der Waals surface area (Å²) in [5, 5.41) is 0. The summed E-state index contributed by atoms with van der Waals surface area (Å²) in [4.78, 5) is 2.43. The molecule has 1 aromatic rings. The molecule has 0 aliphatic carbocycles. The van der Waals surface area contributed by atoms with Gasteiger partial charge in [-0.25, -0.2) is 0 Å². The maximum Gasteiger partial charge on any atom is 0.119 e. The molecule has 0 radical (unpaired) electrons. The van der Waals surface area contributed by atoms with Crippen LogP contribution >= 0.6 is 0 Å². The van der Waals surface area contributed by atoms with Gasteiger partial charge < -0.3 is 15.2 Å². The zero-order valence-corrected chi connectivity index (χ0v) is 12.7. The zero-order chi connectivity index (χ0) is 14.5. The van der Waals surface area contributed by atoms with E-state index in [1.807, 2.05) is 26.0 Å². The second-order valence-corrected chi connectivity index (χ2v) is 5.65. The predicted octanol–water partition coefficient (Wildman–Crippen LogP) is 2.19. The van der Waals surface area contributed by atoms with E-state index in [9.17, 15) is 0 Å². The van der Waals surface area contributed by atoms with Gasteiger partial charge in [-0.15, -0.1) is 0 Å². The molecule has 1 heterocycles. The maximum atomic E-state index is 6.00. The highest BCUT2D eigenvalue weighted by molar-refractivity contribution is 5.29. The molecule has 0 bridgehead atoms. The van der Waals surface area contributed by atoms with Gasteiger partial charge in [0.05, 0.1) is 19.3 Å². The first-order valence-corrected chi connectivity index (χ1v) is 7.42. The van der Waals surface area contributed by atoms with Gasteiger partial charge >= 0.3 is 0 Å². The third-order valence-electron chi connectivity index (χ3n) is 3.68. The molecule has 2 rings (SSSR count). The summed E-state index contributed by atoms with van der Waals surface area (Å²) >= 11 is 0. The minimum atomic E-state index is 0.199. The largest absolute Gasteiger partial charge is 0.491 e. The van der Waals surface area contributed by atoms with E-state index in [1.165, 1.54) is 5.56 Å². The van der Waals surface area contributed by atoms with Crippen LogP contribution in [0.5, 0.6) is 5.75 Å². The third kappa shape index (κ3) is 3.72. The normalized spacial score (nSPS) is 21.9. The van der Waals surface area contributed by atoms with Crippen molar-refractivity contribution in [3.8, 4) is 5.75 Å². The number of benzene rings is 1. The van der Waals surface area contributed by atoms with E-state index < -0.39 is 0 Å². The zero-order valence-electron chi connectivity index (χ0n) is 12.7. The molecule has 2 atom stereocenters. The Balaban J connectivity index is 2.10. The molecule has 20 heavy (non-hydrogen) atoms. The average molecular weight is 278 g/mol. The van der Waals surface area contributed by atoms with E-state index >= 15 is 0 Å². The smallest absolute Gasteiger partial charge is 0.119 e. The van der Waals surface area contributed by atoms with Crippen molar-refractivity contribution in [3.05, 3.63) is 29.8 Å². The summed E-state index contributed by atoms with van der Waals surface area (Å²) in [5.41, 5.74) is 7.25. The van der Waals surface area contributed by atoms with Gasteiger partial charge in [0, 0.05) is 25.2 Å². The Morgan fingerprint density at radius 2 is 2.05 bits per heavy atom. The van der Waals surface area contributed by atoms with E-state index in [4.69, 9.17) is 15.2 Å². The first kappa shape index (κ1) is 15.3. The number of hydrogen-bond donors (Lipinski definition) is 1. The Morgan fingerprint density at radius 1 is 1.35 bits per heavy atom. The van der Waals surface area contributed by atoms with Crippen molar-refractivity contribution in [1.82, 2.24) is 4.90 Å². The Kier molecular flexibility index (Phi) is 5.40. The Morgan fingerprint density at radius 3 is 2.60 bits per heavy atom. The lowest BCUT2D eigenvalue weighted by molar-refractivity contribution is -0.0209. The van der Waals surface area contributed by atoms with Crippen LogP contribution in [0.2, 0.25) is 0 Å². The predicted molar refractivity (Wildman–Crippen MR) is 81.0 cm³/mol.